The van der Waals surface area contributed by atoms with E-state index in [1.54, 1.807) is 6.92 Å². The van der Waals surface area contributed by atoms with Crippen LogP contribution in [0, 0.1) is 0 Å². The van der Waals surface area contributed by atoms with Crippen LogP contribution in [-0.4, -0.2) is 17.7 Å². The zero-order valence-corrected chi connectivity index (χ0v) is 18.9. The third-order valence-corrected chi connectivity index (χ3v) is 5.64. The van der Waals surface area contributed by atoms with Crippen LogP contribution in [0.5, 0.6) is 0 Å². The minimum Gasteiger partial charge on any atom is -0.419 e. The standard InChI is InChI=1S/C25H42O4/c1-5-6-7-8-9-10-11-12-13-15-18-22(4)24(27)29-25(19-16-14-17-20-25)28-23(26)21(2)3/h2,4-20H2,1,3H3. The van der Waals surface area contributed by atoms with Crippen LogP contribution in [0.25, 0.3) is 0 Å². The van der Waals surface area contributed by atoms with Crippen LogP contribution in [0.4, 0.5) is 0 Å². The van der Waals surface area contributed by atoms with Crippen molar-refractivity contribution in [2.75, 3.05) is 0 Å². The molecule has 1 rings (SSSR count). The molecule has 0 aliphatic heterocycles. The summed E-state index contributed by atoms with van der Waals surface area (Å²) in [6.07, 6.45) is 17.1. The highest BCUT2D eigenvalue weighted by Crippen LogP contribution is 2.34. The van der Waals surface area contributed by atoms with Crippen LogP contribution in [0.3, 0.4) is 0 Å². The Kier molecular flexibility index (Phi) is 12.6. The Hall–Kier alpha value is -1.58. The second kappa shape index (κ2) is 14.4. The number of hydrogen-bond donors (Lipinski definition) is 0. The van der Waals surface area contributed by atoms with Crippen molar-refractivity contribution in [1.82, 2.24) is 0 Å². The highest BCUT2D eigenvalue weighted by Gasteiger charge is 2.40. The lowest BCUT2D eigenvalue weighted by atomic mass is 9.93. The van der Waals surface area contributed by atoms with E-state index in [-0.39, 0.29) is 0 Å². The predicted molar refractivity (Wildman–Crippen MR) is 118 cm³/mol. The second-order valence-corrected chi connectivity index (χ2v) is 8.57. The highest BCUT2D eigenvalue weighted by atomic mass is 16.7. The number of unbranched alkanes of at least 4 members (excludes halogenated alkanes) is 9. The third kappa shape index (κ3) is 10.7. The fourth-order valence-corrected chi connectivity index (χ4v) is 3.74. The quantitative estimate of drug-likeness (QED) is 0.125. The number of carbonyl (C=O) groups is 2. The highest BCUT2D eigenvalue weighted by molar-refractivity contribution is 5.89. The van der Waals surface area contributed by atoms with Crippen LogP contribution >= 0.6 is 0 Å². The van der Waals surface area contributed by atoms with Crippen molar-refractivity contribution in [1.29, 1.82) is 0 Å². The summed E-state index contributed by atoms with van der Waals surface area (Å²) in [6, 6.07) is 0. The van der Waals surface area contributed by atoms with E-state index in [1.807, 2.05) is 0 Å². The summed E-state index contributed by atoms with van der Waals surface area (Å²) in [5.41, 5.74) is 0.788. The van der Waals surface area contributed by atoms with Gasteiger partial charge in [0.25, 0.3) is 5.79 Å². The van der Waals surface area contributed by atoms with Gasteiger partial charge in [-0.1, -0.05) is 84.3 Å². The smallest absolute Gasteiger partial charge is 0.336 e. The minimum absolute atomic E-state index is 0.315. The second-order valence-electron chi connectivity index (χ2n) is 8.57. The summed E-state index contributed by atoms with van der Waals surface area (Å²) in [5.74, 6) is -2.08. The SMILES string of the molecule is C=C(C)C(=O)OC1(OC(=O)C(=C)CCCCCCCCCCCC)CCCCC1. The van der Waals surface area contributed by atoms with Crippen molar-refractivity contribution in [3.63, 3.8) is 0 Å². The van der Waals surface area contributed by atoms with Gasteiger partial charge >= 0.3 is 11.9 Å². The van der Waals surface area contributed by atoms with E-state index in [2.05, 4.69) is 20.1 Å². The van der Waals surface area contributed by atoms with Gasteiger partial charge in [-0.25, -0.2) is 9.59 Å². The molecule has 0 atom stereocenters. The van der Waals surface area contributed by atoms with Gasteiger partial charge in [-0.05, 0) is 32.6 Å². The fourth-order valence-electron chi connectivity index (χ4n) is 3.74. The zero-order chi connectivity index (χ0) is 21.5. The maximum Gasteiger partial charge on any atom is 0.336 e. The molecule has 1 saturated carbocycles. The zero-order valence-electron chi connectivity index (χ0n) is 18.9. The first-order chi connectivity index (χ1) is 13.9. The Morgan fingerprint density at radius 2 is 1.24 bits per heavy atom. The van der Waals surface area contributed by atoms with E-state index in [0.717, 1.165) is 32.1 Å². The predicted octanol–water partition coefficient (Wildman–Crippen LogP) is 7.18. The van der Waals surface area contributed by atoms with Gasteiger partial charge in [0.1, 0.15) is 0 Å². The maximum atomic E-state index is 12.5. The molecule has 0 aromatic rings. The lowest BCUT2D eigenvalue weighted by Gasteiger charge is -2.36. The van der Waals surface area contributed by atoms with Crippen molar-refractivity contribution in [2.24, 2.45) is 0 Å². The number of carbonyl (C=O) groups excluding carboxylic acids is 2. The van der Waals surface area contributed by atoms with E-state index >= 15 is 0 Å². The van der Waals surface area contributed by atoms with Crippen LogP contribution in [0.2, 0.25) is 0 Å². The van der Waals surface area contributed by atoms with Gasteiger partial charge in [0.2, 0.25) is 0 Å². The van der Waals surface area contributed by atoms with Gasteiger partial charge < -0.3 is 9.47 Å². The summed E-state index contributed by atoms with van der Waals surface area (Å²) < 4.78 is 11.2. The molecule has 0 unspecified atom stereocenters. The van der Waals surface area contributed by atoms with Crippen molar-refractivity contribution in [3.05, 3.63) is 24.3 Å². The molecule has 1 fully saturated rings. The number of rotatable bonds is 15. The van der Waals surface area contributed by atoms with Gasteiger partial charge in [-0.3, -0.25) is 0 Å². The summed E-state index contributed by atoms with van der Waals surface area (Å²) in [4.78, 5) is 24.5. The molecule has 0 spiro atoms. The molecule has 0 heterocycles. The molecule has 0 radical (unpaired) electrons. The lowest BCUT2D eigenvalue weighted by molar-refractivity contribution is -0.233. The van der Waals surface area contributed by atoms with E-state index in [0.29, 0.717) is 30.4 Å². The van der Waals surface area contributed by atoms with Gasteiger partial charge in [-0.2, -0.15) is 0 Å². The molecule has 0 aromatic heterocycles. The van der Waals surface area contributed by atoms with Gasteiger partial charge in [0, 0.05) is 24.0 Å². The van der Waals surface area contributed by atoms with Gasteiger partial charge in [-0.15, -0.1) is 0 Å². The first kappa shape index (κ1) is 25.5. The topological polar surface area (TPSA) is 52.6 Å². The normalized spacial score (nSPS) is 15.5. The maximum absolute atomic E-state index is 12.5. The van der Waals surface area contributed by atoms with Crippen LogP contribution < -0.4 is 0 Å². The molecular formula is C25H42O4. The van der Waals surface area contributed by atoms with E-state index in [1.165, 1.54) is 51.4 Å². The number of esters is 2. The first-order valence-corrected chi connectivity index (χ1v) is 11.7. The average Bonchev–Trinajstić information content (AvgIpc) is 2.69. The summed E-state index contributed by atoms with van der Waals surface area (Å²) >= 11 is 0. The fraction of sp³-hybridized carbons (Fsp3) is 0.760. The third-order valence-electron chi connectivity index (χ3n) is 5.64. The van der Waals surface area contributed by atoms with E-state index < -0.39 is 17.7 Å². The van der Waals surface area contributed by atoms with Crippen molar-refractivity contribution in [2.45, 2.75) is 122 Å². The molecular weight excluding hydrogens is 364 g/mol. The summed E-state index contributed by atoms with van der Waals surface area (Å²) in [6.45, 7) is 11.4. The Labute approximate surface area is 178 Å². The van der Waals surface area contributed by atoms with Crippen LogP contribution in [0.1, 0.15) is 117 Å². The number of ether oxygens (including phenoxy) is 2. The number of hydrogen-bond acceptors (Lipinski definition) is 4. The van der Waals surface area contributed by atoms with Gasteiger partial charge in [0.15, 0.2) is 0 Å². The van der Waals surface area contributed by atoms with Crippen LogP contribution in [0.15, 0.2) is 24.3 Å². The molecule has 0 saturated heterocycles. The van der Waals surface area contributed by atoms with Crippen molar-refractivity contribution >= 4 is 11.9 Å². The molecule has 1 aliphatic rings. The molecule has 166 valence electrons. The van der Waals surface area contributed by atoms with E-state index in [9.17, 15) is 9.59 Å². The molecule has 29 heavy (non-hydrogen) atoms. The average molecular weight is 407 g/mol. The molecule has 0 amide bonds. The molecule has 4 heteroatoms. The minimum atomic E-state index is -1.15. The lowest BCUT2D eigenvalue weighted by Crippen LogP contribution is -2.42. The molecule has 4 nitrogen and oxygen atoms in total. The Bertz CT molecular complexity index is 529. The van der Waals surface area contributed by atoms with Crippen LogP contribution in [-0.2, 0) is 19.1 Å². The summed E-state index contributed by atoms with van der Waals surface area (Å²) in [7, 11) is 0. The summed E-state index contributed by atoms with van der Waals surface area (Å²) in [5, 5.41) is 0. The molecule has 0 N–H and O–H groups in total. The van der Waals surface area contributed by atoms with Crippen molar-refractivity contribution in [3.8, 4) is 0 Å². The van der Waals surface area contributed by atoms with Crippen molar-refractivity contribution < 1.29 is 19.1 Å². The van der Waals surface area contributed by atoms with E-state index in [4.69, 9.17) is 9.47 Å². The Morgan fingerprint density at radius 3 is 1.76 bits per heavy atom. The Balaban J connectivity index is 2.28. The molecule has 0 aromatic carbocycles. The largest absolute Gasteiger partial charge is 0.419 e. The van der Waals surface area contributed by atoms with Gasteiger partial charge in [0.05, 0.1) is 0 Å². The Morgan fingerprint density at radius 1 is 0.759 bits per heavy atom. The molecule has 1 aliphatic carbocycles. The molecule has 0 bridgehead atoms. The monoisotopic (exact) mass is 406 g/mol. The first-order valence-electron chi connectivity index (χ1n) is 11.7.